The predicted molar refractivity (Wildman–Crippen MR) is 169 cm³/mol. The third kappa shape index (κ3) is 5.24. The molecule has 4 fully saturated rings. The average Bonchev–Trinajstić information content (AvgIpc) is 3.86. The lowest BCUT2D eigenvalue weighted by Gasteiger charge is -2.25. The van der Waals surface area contributed by atoms with E-state index in [0.717, 1.165) is 6.42 Å². The number of amides is 1. The van der Waals surface area contributed by atoms with E-state index in [1.54, 1.807) is 10.9 Å². The number of carbonyl (C=O) groups is 1. The molecule has 8 atom stereocenters. The molecule has 1 amide bonds. The van der Waals surface area contributed by atoms with Crippen LogP contribution in [0.25, 0.3) is 22.3 Å². The van der Waals surface area contributed by atoms with E-state index in [-0.39, 0.29) is 42.0 Å². The summed E-state index contributed by atoms with van der Waals surface area (Å²) in [6.07, 6.45) is 1.49. The van der Waals surface area contributed by atoms with Gasteiger partial charge in [0, 0.05) is 6.54 Å². The van der Waals surface area contributed by atoms with Gasteiger partial charge in [-0.15, -0.1) is 0 Å². The quantitative estimate of drug-likeness (QED) is 0.222. The van der Waals surface area contributed by atoms with Crippen molar-refractivity contribution < 1.29 is 33.2 Å². The fourth-order valence-electron chi connectivity index (χ4n) is 6.93. The number of nitrogen functional groups attached to an aromatic ring is 2. The Morgan fingerprint density at radius 3 is 2.15 bits per heavy atom. The van der Waals surface area contributed by atoms with Gasteiger partial charge in [0.05, 0.1) is 18.2 Å². The minimum absolute atomic E-state index is 0.0347. The molecule has 0 aromatic carbocycles. The highest BCUT2D eigenvalue weighted by atomic mass is 32.2. The fourth-order valence-corrected chi connectivity index (χ4v) is 7.78. The van der Waals surface area contributed by atoms with E-state index in [1.807, 2.05) is 39.2 Å². The molecule has 5 N–H and O–H groups in total. The lowest BCUT2D eigenvalue weighted by molar-refractivity contribution is -0.197. The summed E-state index contributed by atoms with van der Waals surface area (Å²) in [4.78, 5) is 39.4. The van der Waals surface area contributed by atoms with Gasteiger partial charge in [-0.3, -0.25) is 13.9 Å². The van der Waals surface area contributed by atoms with Gasteiger partial charge in [-0.05, 0) is 34.1 Å². The first kappa shape index (κ1) is 31.5. The minimum Gasteiger partial charge on any atom is -0.382 e. The van der Waals surface area contributed by atoms with Crippen molar-refractivity contribution in [1.29, 1.82) is 0 Å². The molecule has 4 aromatic rings. The Labute approximate surface area is 278 Å². The summed E-state index contributed by atoms with van der Waals surface area (Å²) in [6, 6.07) is 0. The second-order valence-corrected chi connectivity index (χ2v) is 14.0. The number of nitrogens with two attached hydrogens (primary N) is 2. The van der Waals surface area contributed by atoms with Crippen molar-refractivity contribution in [2.75, 3.05) is 23.8 Å². The van der Waals surface area contributed by atoms with Gasteiger partial charge in [0.1, 0.15) is 48.7 Å². The van der Waals surface area contributed by atoms with Crippen molar-refractivity contribution in [2.45, 2.75) is 107 Å². The number of nitrogens with one attached hydrogen (secondary N) is 1. The average molecular weight is 684 g/mol. The van der Waals surface area contributed by atoms with Crippen LogP contribution in [0.1, 0.15) is 53.5 Å². The zero-order valence-electron chi connectivity index (χ0n) is 27.0. The number of thioether (sulfide) groups is 1. The Bertz CT molecular complexity index is 1880. The lowest BCUT2D eigenvalue weighted by atomic mass is 10.1. The molecule has 0 bridgehead atoms. The van der Waals surface area contributed by atoms with Crippen LogP contribution in [0.5, 0.6) is 0 Å². The van der Waals surface area contributed by atoms with Crippen molar-refractivity contribution in [3.63, 3.8) is 0 Å². The van der Waals surface area contributed by atoms with Crippen molar-refractivity contribution in [3.8, 4) is 0 Å². The monoisotopic (exact) mass is 683 g/mol. The van der Waals surface area contributed by atoms with Crippen LogP contribution in [-0.2, 0) is 33.2 Å². The summed E-state index contributed by atoms with van der Waals surface area (Å²) in [7, 11) is 0. The van der Waals surface area contributed by atoms with Gasteiger partial charge in [0.15, 0.2) is 57.6 Å². The Balaban J connectivity index is 0.992. The smallest absolute Gasteiger partial charge is 0.230 e. The number of hydrogen-bond donors (Lipinski definition) is 3. The summed E-state index contributed by atoms with van der Waals surface area (Å²) < 4.78 is 41.4. The number of hydrogen-bond acceptors (Lipinski definition) is 16. The SMILES string of the molecule is CC[C@H]1O[C@@H](n2c(SCC(=O)NC[C@H]3O[C@@H](n4cnc5c(N)ncnc54)[C@H]4OC(C)(C)OC34)nc3c(N)ncnc32)[C@H]2OC(C)(C)OC12. The van der Waals surface area contributed by atoms with E-state index in [4.69, 9.17) is 44.9 Å². The first-order valence-corrected chi connectivity index (χ1v) is 16.7. The van der Waals surface area contributed by atoms with Crippen LogP contribution in [0.2, 0.25) is 0 Å². The molecule has 0 saturated carbocycles. The van der Waals surface area contributed by atoms with Crippen LogP contribution < -0.4 is 16.8 Å². The summed E-state index contributed by atoms with van der Waals surface area (Å²) in [5, 5.41) is 3.48. The standard InChI is InChI=1S/C29H37N11O7S/c1-6-12-17-20(47-28(2,3)44-17)26(42-12)40-24-16(22(31)34-10-36-24)38-27(40)48-8-14(41)32-7-13-18-19(46-29(4,5)45-18)25(43-13)39-11-37-15-21(30)33-9-35-23(15)39/h9-13,17-20,25-26H,6-8H2,1-5H3,(H,32,41)(H2,30,33,35)(H2,31,34,36)/t12-,13-,17?,18?,19+,20+,25-,26-/m1/s1. The summed E-state index contributed by atoms with van der Waals surface area (Å²) in [5.74, 6) is -1.36. The maximum absolute atomic E-state index is 13.3. The molecular weight excluding hydrogens is 646 g/mol. The number of imidazole rings is 2. The molecule has 2 unspecified atom stereocenters. The third-order valence-electron chi connectivity index (χ3n) is 8.87. The largest absolute Gasteiger partial charge is 0.382 e. The van der Waals surface area contributed by atoms with Crippen LogP contribution in [0.3, 0.4) is 0 Å². The van der Waals surface area contributed by atoms with Gasteiger partial charge in [-0.25, -0.2) is 29.9 Å². The van der Waals surface area contributed by atoms with Gasteiger partial charge in [-0.2, -0.15) is 0 Å². The summed E-state index contributed by atoms with van der Waals surface area (Å²) >= 11 is 1.23. The molecular formula is C29H37N11O7S. The molecule has 256 valence electrons. The highest BCUT2D eigenvalue weighted by molar-refractivity contribution is 7.99. The zero-order chi connectivity index (χ0) is 33.5. The van der Waals surface area contributed by atoms with Gasteiger partial charge in [0.2, 0.25) is 5.91 Å². The number of nitrogens with zero attached hydrogens (tertiary/aromatic N) is 8. The lowest BCUT2D eigenvalue weighted by Crippen LogP contribution is -2.40. The van der Waals surface area contributed by atoms with E-state index in [0.29, 0.717) is 27.5 Å². The maximum Gasteiger partial charge on any atom is 0.230 e. The molecule has 8 heterocycles. The third-order valence-corrected chi connectivity index (χ3v) is 9.83. The van der Waals surface area contributed by atoms with Crippen molar-refractivity contribution >= 4 is 51.6 Å². The summed E-state index contributed by atoms with van der Waals surface area (Å²) in [5.41, 5.74) is 14.1. The number of ether oxygens (including phenoxy) is 6. The normalized spacial score (nSPS) is 31.9. The van der Waals surface area contributed by atoms with Crippen molar-refractivity contribution in [3.05, 3.63) is 19.0 Å². The van der Waals surface area contributed by atoms with E-state index >= 15 is 0 Å². The van der Waals surface area contributed by atoms with Gasteiger partial charge in [0.25, 0.3) is 0 Å². The van der Waals surface area contributed by atoms with Crippen LogP contribution in [0.4, 0.5) is 11.6 Å². The molecule has 19 heteroatoms. The van der Waals surface area contributed by atoms with Gasteiger partial charge in [-0.1, -0.05) is 18.7 Å². The predicted octanol–water partition coefficient (Wildman–Crippen LogP) is 1.28. The number of carbonyl (C=O) groups excluding carboxylic acids is 1. The Hall–Kier alpha value is -3.72. The molecule has 0 spiro atoms. The number of aromatic nitrogens is 8. The maximum atomic E-state index is 13.3. The Kier molecular flexibility index (Phi) is 7.51. The highest BCUT2D eigenvalue weighted by Crippen LogP contribution is 2.46. The number of fused-ring (bicyclic) bond motifs is 4. The second-order valence-electron chi connectivity index (χ2n) is 13.0. The van der Waals surface area contributed by atoms with Crippen LogP contribution in [0, 0.1) is 0 Å². The van der Waals surface area contributed by atoms with Crippen LogP contribution in [-0.4, -0.2) is 105 Å². The first-order chi connectivity index (χ1) is 22.9. The van der Waals surface area contributed by atoms with E-state index in [1.165, 1.54) is 24.4 Å². The van der Waals surface area contributed by atoms with Crippen LogP contribution in [0.15, 0.2) is 24.1 Å². The molecule has 0 radical (unpaired) electrons. The molecule has 4 aliphatic heterocycles. The van der Waals surface area contributed by atoms with E-state index in [9.17, 15) is 4.79 Å². The molecule has 4 aliphatic rings. The van der Waals surface area contributed by atoms with Crippen molar-refractivity contribution in [1.82, 2.24) is 44.4 Å². The summed E-state index contributed by atoms with van der Waals surface area (Å²) in [6.45, 7) is 9.65. The van der Waals surface area contributed by atoms with Gasteiger partial charge >= 0.3 is 0 Å². The molecule has 0 aliphatic carbocycles. The highest BCUT2D eigenvalue weighted by Gasteiger charge is 2.57. The van der Waals surface area contributed by atoms with Crippen molar-refractivity contribution in [2.24, 2.45) is 0 Å². The first-order valence-electron chi connectivity index (χ1n) is 15.8. The minimum atomic E-state index is -0.856. The van der Waals surface area contributed by atoms with E-state index in [2.05, 4.69) is 30.2 Å². The molecule has 4 aromatic heterocycles. The van der Waals surface area contributed by atoms with E-state index < -0.39 is 48.4 Å². The fraction of sp³-hybridized carbons (Fsp3) is 0.621. The molecule has 8 rings (SSSR count). The Morgan fingerprint density at radius 1 is 0.833 bits per heavy atom. The topological polar surface area (TPSA) is 224 Å². The number of rotatable bonds is 8. The second kappa shape index (κ2) is 11.4. The molecule has 4 saturated heterocycles. The molecule has 18 nitrogen and oxygen atoms in total. The Morgan fingerprint density at radius 2 is 1.44 bits per heavy atom. The molecule has 48 heavy (non-hydrogen) atoms. The van der Waals surface area contributed by atoms with Crippen LogP contribution >= 0.6 is 11.8 Å². The number of anilines is 2. The zero-order valence-corrected chi connectivity index (χ0v) is 27.8. The van der Waals surface area contributed by atoms with Gasteiger partial charge < -0.3 is 45.2 Å².